The first-order valence-electron chi connectivity index (χ1n) is 8.95. The molecule has 7 nitrogen and oxygen atoms in total. The van der Waals surface area contributed by atoms with Crippen molar-refractivity contribution in [2.75, 3.05) is 36.4 Å². The zero-order valence-electron chi connectivity index (χ0n) is 15.6. The first kappa shape index (κ1) is 21.6. The zero-order chi connectivity index (χ0) is 21.1. The lowest BCUT2D eigenvalue weighted by Crippen LogP contribution is -2.53. The molecule has 0 radical (unpaired) electrons. The van der Waals surface area contributed by atoms with E-state index >= 15 is 0 Å². The highest BCUT2D eigenvalue weighted by molar-refractivity contribution is 6.44. The molecule has 3 rings (SSSR count). The average Bonchev–Trinajstić information content (AvgIpc) is 2.71. The van der Waals surface area contributed by atoms with Gasteiger partial charge in [0.2, 0.25) is 5.91 Å². The van der Waals surface area contributed by atoms with Crippen LogP contribution in [0.25, 0.3) is 0 Å². The smallest absolute Gasteiger partial charge is 0.294 e. The quantitative estimate of drug-likeness (QED) is 0.520. The second-order valence-electron chi connectivity index (χ2n) is 6.68. The monoisotopic (exact) mass is 456 g/mol. The normalized spacial score (nSPS) is 15.8. The third kappa shape index (κ3) is 4.93. The number of amides is 1. The van der Waals surface area contributed by atoms with Gasteiger partial charge in [-0.25, -0.2) is 0 Å². The predicted molar refractivity (Wildman–Crippen MR) is 116 cm³/mol. The molecule has 29 heavy (non-hydrogen) atoms. The van der Waals surface area contributed by atoms with Gasteiger partial charge in [0.15, 0.2) is 0 Å². The highest BCUT2D eigenvalue weighted by Crippen LogP contribution is 2.32. The van der Waals surface area contributed by atoms with Crippen molar-refractivity contribution in [3.63, 3.8) is 0 Å². The van der Waals surface area contributed by atoms with E-state index in [1.54, 1.807) is 30.3 Å². The standard InChI is InChI=1S/C19H19Cl3N4O3/c1-12(19(27)23-15-4-2-3-14(21)18(15)22)24-7-9-25(10-8-24)16-6-5-13(20)11-17(16)26(28)29/h2-6,11-12H,7-10H2,1H3,(H,23,27). The fraction of sp³-hybridized carbons (Fsp3) is 0.316. The summed E-state index contributed by atoms with van der Waals surface area (Å²) in [6.45, 7) is 4.08. The number of piperazine rings is 1. The van der Waals surface area contributed by atoms with Crippen LogP contribution in [0.2, 0.25) is 15.1 Å². The molecule has 1 unspecified atom stereocenters. The van der Waals surface area contributed by atoms with Gasteiger partial charge < -0.3 is 10.2 Å². The molecule has 1 saturated heterocycles. The maximum absolute atomic E-state index is 12.6. The van der Waals surface area contributed by atoms with E-state index in [4.69, 9.17) is 34.8 Å². The number of nitro benzene ring substituents is 1. The number of benzene rings is 2. The van der Waals surface area contributed by atoms with Crippen molar-refractivity contribution in [3.05, 3.63) is 61.6 Å². The Morgan fingerprint density at radius 3 is 2.48 bits per heavy atom. The van der Waals surface area contributed by atoms with Crippen molar-refractivity contribution in [3.8, 4) is 0 Å². The molecule has 1 fully saturated rings. The molecule has 2 aromatic rings. The molecule has 0 spiro atoms. The van der Waals surface area contributed by atoms with Crippen LogP contribution in [0.4, 0.5) is 17.1 Å². The number of rotatable bonds is 5. The maximum atomic E-state index is 12.6. The lowest BCUT2D eigenvalue weighted by molar-refractivity contribution is -0.384. The summed E-state index contributed by atoms with van der Waals surface area (Å²) in [5, 5.41) is 15.1. The van der Waals surface area contributed by atoms with Crippen LogP contribution in [0.3, 0.4) is 0 Å². The van der Waals surface area contributed by atoms with Gasteiger partial charge in [0.05, 0.1) is 26.7 Å². The lowest BCUT2D eigenvalue weighted by atomic mass is 10.1. The lowest BCUT2D eigenvalue weighted by Gasteiger charge is -2.38. The second kappa shape index (κ2) is 9.17. The molecule has 0 aromatic heterocycles. The topological polar surface area (TPSA) is 78.7 Å². The molecule has 1 N–H and O–H groups in total. The number of carbonyl (C=O) groups is 1. The highest BCUT2D eigenvalue weighted by Gasteiger charge is 2.28. The number of nitrogens with one attached hydrogen (secondary N) is 1. The number of hydrogen-bond donors (Lipinski definition) is 1. The summed E-state index contributed by atoms with van der Waals surface area (Å²) >= 11 is 18.0. The molecule has 0 aliphatic carbocycles. The summed E-state index contributed by atoms with van der Waals surface area (Å²) in [6.07, 6.45) is 0. The van der Waals surface area contributed by atoms with E-state index in [-0.39, 0.29) is 11.6 Å². The number of hydrogen-bond acceptors (Lipinski definition) is 5. The zero-order valence-corrected chi connectivity index (χ0v) is 17.8. The Balaban J connectivity index is 1.64. The van der Waals surface area contributed by atoms with E-state index in [9.17, 15) is 14.9 Å². The third-order valence-electron chi connectivity index (χ3n) is 4.93. The molecule has 154 valence electrons. The van der Waals surface area contributed by atoms with Crippen molar-refractivity contribution >= 4 is 57.8 Å². The van der Waals surface area contributed by atoms with Crippen molar-refractivity contribution in [1.29, 1.82) is 0 Å². The minimum Gasteiger partial charge on any atom is -0.363 e. The van der Waals surface area contributed by atoms with Gasteiger partial charge in [0, 0.05) is 37.3 Å². The molecular weight excluding hydrogens is 439 g/mol. The Hall–Kier alpha value is -2.06. The minimum atomic E-state index is -0.432. The number of carbonyl (C=O) groups excluding carboxylic acids is 1. The van der Waals surface area contributed by atoms with E-state index in [0.29, 0.717) is 52.6 Å². The van der Waals surface area contributed by atoms with Gasteiger partial charge in [-0.2, -0.15) is 0 Å². The Labute approximate surface area is 183 Å². The average molecular weight is 458 g/mol. The molecule has 1 aliphatic rings. The number of anilines is 2. The third-order valence-corrected chi connectivity index (χ3v) is 5.98. The van der Waals surface area contributed by atoms with E-state index in [0.717, 1.165) is 0 Å². The SMILES string of the molecule is CC(C(=O)Nc1cccc(Cl)c1Cl)N1CCN(c2ccc(Cl)cc2[N+](=O)[O-])CC1. The van der Waals surface area contributed by atoms with Crippen LogP contribution in [-0.2, 0) is 4.79 Å². The maximum Gasteiger partial charge on any atom is 0.294 e. The molecule has 10 heteroatoms. The van der Waals surface area contributed by atoms with Crippen LogP contribution in [-0.4, -0.2) is 48.0 Å². The minimum absolute atomic E-state index is 0.0210. The molecule has 0 bridgehead atoms. The van der Waals surface area contributed by atoms with Gasteiger partial charge in [-0.05, 0) is 31.2 Å². The Morgan fingerprint density at radius 2 is 1.83 bits per heavy atom. The first-order chi connectivity index (χ1) is 13.8. The van der Waals surface area contributed by atoms with E-state index < -0.39 is 11.0 Å². The van der Waals surface area contributed by atoms with Crippen LogP contribution < -0.4 is 10.2 Å². The van der Waals surface area contributed by atoms with E-state index in [1.165, 1.54) is 6.07 Å². The van der Waals surface area contributed by atoms with Gasteiger partial charge in [0.25, 0.3) is 5.69 Å². The van der Waals surface area contributed by atoms with Gasteiger partial charge >= 0.3 is 0 Å². The summed E-state index contributed by atoms with van der Waals surface area (Å²) in [7, 11) is 0. The van der Waals surface area contributed by atoms with Crippen molar-refractivity contribution < 1.29 is 9.72 Å². The Bertz CT molecular complexity index is 933. The summed E-state index contributed by atoms with van der Waals surface area (Å²) in [5.41, 5.74) is 0.973. The Kier molecular flexibility index (Phi) is 6.85. The molecule has 1 atom stereocenters. The molecule has 1 aliphatic heterocycles. The van der Waals surface area contributed by atoms with E-state index in [2.05, 4.69) is 5.32 Å². The highest BCUT2D eigenvalue weighted by atomic mass is 35.5. The van der Waals surface area contributed by atoms with Crippen molar-refractivity contribution in [2.24, 2.45) is 0 Å². The summed E-state index contributed by atoms with van der Waals surface area (Å²) in [5.74, 6) is -0.194. The number of nitro groups is 1. The van der Waals surface area contributed by atoms with Crippen LogP contribution in [0.5, 0.6) is 0 Å². The van der Waals surface area contributed by atoms with Gasteiger partial charge in [0.1, 0.15) is 5.69 Å². The van der Waals surface area contributed by atoms with Crippen molar-refractivity contribution in [2.45, 2.75) is 13.0 Å². The van der Waals surface area contributed by atoms with Gasteiger partial charge in [-0.3, -0.25) is 19.8 Å². The second-order valence-corrected chi connectivity index (χ2v) is 7.90. The molecule has 1 heterocycles. The van der Waals surface area contributed by atoms with E-state index in [1.807, 2.05) is 16.7 Å². The molecule has 2 aromatic carbocycles. The van der Waals surface area contributed by atoms with Crippen molar-refractivity contribution in [1.82, 2.24) is 4.90 Å². The van der Waals surface area contributed by atoms with Crippen LogP contribution in [0.1, 0.15) is 6.92 Å². The summed E-state index contributed by atoms with van der Waals surface area (Å²) in [6, 6.07) is 9.32. The molecular formula is C19H19Cl3N4O3. The van der Waals surface area contributed by atoms with Crippen LogP contribution >= 0.6 is 34.8 Å². The Morgan fingerprint density at radius 1 is 1.14 bits per heavy atom. The fourth-order valence-corrected chi connectivity index (χ4v) is 3.78. The van der Waals surface area contributed by atoms with Crippen LogP contribution in [0.15, 0.2) is 36.4 Å². The van der Waals surface area contributed by atoms with Gasteiger partial charge in [-0.15, -0.1) is 0 Å². The summed E-state index contributed by atoms with van der Waals surface area (Å²) in [4.78, 5) is 27.5. The predicted octanol–water partition coefficient (Wildman–Crippen LogP) is 4.70. The first-order valence-corrected chi connectivity index (χ1v) is 10.1. The fourth-order valence-electron chi connectivity index (χ4n) is 3.26. The van der Waals surface area contributed by atoms with Gasteiger partial charge in [-0.1, -0.05) is 40.9 Å². The number of nitrogens with zero attached hydrogens (tertiary/aromatic N) is 3. The largest absolute Gasteiger partial charge is 0.363 e. The van der Waals surface area contributed by atoms with Crippen LogP contribution in [0, 0.1) is 10.1 Å². The number of halogens is 3. The molecule has 0 saturated carbocycles. The summed E-state index contributed by atoms with van der Waals surface area (Å²) < 4.78 is 0. The molecule has 1 amide bonds.